The van der Waals surface area contributed by atoms with Crippen molar-refractivity contribution < 1.29 is 22.7 Å². The normalized spacial score (nSPS) is 11.1. The number of carbonyl (C=O) groups is 1. The largest absolute Gasteiger partial charge is 0.457 e. The van der Waals surface area contributed by atoms with E-state index in [-0.39, 0.29) is 17.4 Å². The van der Waals surface area contributed by atoms with Gasteiger partial charge >= 0.3 is 6.18 Å². The van der Waals surface area contributed by atoms with E-state index in [9.17, 15) is 18.0 Å². The lowest BCUT2D eigenvalue weighted by molar-refractivity contribution is -0.137. The SMILES string of the molecule is O=C(NCCc1cccnc1)c1cccc(Oc2cccc(C(F)(F)F)c2)c1. The number of ether oxygens (including phenoxy) is 1. The highest BCUT2D eigenvalue weighted by molar-refractivity contribution is 5.94. The summed E-state index contributed by atoms with van der Waals surface area (Å²) >= 11 is 0. The molecule has 1 heterocycles. The lowest BCUT2D eigenvalue weighted by Gasteiger charge is -2.11. The van der Waals surface area contributed by atoms with Crippen molar-refractivity contribution in [2.45, 2.75) is 12.6 Å². The predicted molar refractivity (Wildman–Crippen MR) is 98.2 cm³/mol. The van der Waals surface area contributed by atoms with E-state index in [1.165, 1.54) is 18.2 Å². The topological polar surface area (TPSA) is 51.2 Å². The Labute approximate surface area is 160 Å². The molecular weight excluding hydrogens is 369 g/mol. The van der Waals surface area contributed by atoms with Gasteiger partial charge in [0.2, 0.25) is 0 Å². The van der Waals surface area contributed by atoms with E-state index in [1.807, 2.05) is 12.1 Å². The number of hydrogen-bond acceptors (Lipinski definition) is 3. The zero-order chi connectivity index (χ0) is 20.0. The molecule has 2 aromatic carbocycles. The lowest BCUT2D eigenvalue weighted by Crippen LogP contribution is -2.25. The Kier molecular flexibility index (Phi) is 5.93. The minimum atomic E-state index is -4.45. The molecule has 0 aliphatic heterocycles. The highest BCUT2D eigenvalue weighted by Crippen LogP contribution is 2.32. The number of nitrogens with one attached hydrogen (secondary N) is 1. The van der Waals surface area contributed by atoms with Crippen LogP contribution in [0, 0.1) is 0 Å². The standard InChI is InChI=1S/C21H17F3N2O2/c22-21(23,24)17-6-2-8-19(13-17)28-18-7-1-5-16(12-18)20(27)26-11-9-15-4-3-10-25-14-15/h1-8,10,12-14H,9,11H2,(H,26,27). The maximum Gasteiger partial charge on any atom is 0.416 e. The molecule has 0 unspecified atom stereocenters. The summed E-state index contributed by atoms with van der Waals surface area (Å²) in [6.45, 7) is 0.434. The molecule has 0 saturated heterocycles. The number of hydrogen-bond donors (Lipinski definition) is 1. The van der Waals surface area contributed by atoms with E-state index in [0.717, 1.165) is 17.7 Å². The monoisotopic (exact) mass is 386 g/mol. The number of pyridine rings is 1. The van der Waals surface area contributed by atoms with Gasteiger partial charge in [0.05, 0.1) is 5.56 Å². The van der Waals surface area contributed by atoms with Crippen molar-refractivity contribution in [3.8, 4) is 11.5 Å². The molecule has 0 aliphatic carbocycles. The fraction of sp³-hybridized carbons (Fsp3) is 0.143. The molecule has 144 valence electrons. The maximum absolute atomic E-state index is 12.8. The summed E-state index contributed by atoms with van der Waals surface area (Å²) in [6, 6.07) is 14.6. The number of halogens is 3. The minimum Gasteiger partial charge on any atom is -0.457 e. The van der Waals surface area contributed by atoms with Crippen molar-refractivity contribution in [3.63, 3.8) is 0 Å². The van der Waals surface area contributed by atoms with Crippen LogP contribution in [-0.4, -0.2) is 17.4 Å². The van der Waals surface area contributed by atoms with Gasteiger partial charge in [-0.1, -0.05) is 18.2 Å². The summed E-state index contributed by atoms with van der Waals surface area (Å²) in [5.41, 5.74) is 0.564. The van der Waals surface area contributed by atoms with Gasteiger partial charge in [-0.3, -0.25) is 9.78 Å². The molecule has 0 saturated carbocycles. The van der Waals surface area contributed by atoms with Crippen LogP contribution in [0.2, 0.25) is 0 Å². The van der Waals surface area contributed by atoms with Crippen LogP contribution in [0.5, 0.6) is 11.5 Å². The first kappa shape index (κ1) is 19.4. The van der Waals surface area contributed by atoms with Gasteiger partial charge in [-0.15, -0.1) is 0 Å². The third-order valence-corrected chi connectivity index (χ3v) is 3.92. The highest BCUT2D eigenvalue weighted by Gasteiger charge is 2.30. The van der Waals surface area contributed by atoms with Crippen molar-refractivity contribution in [2.75, 3.05) is 6.54 Å². The summed E-state index contributed by atoms with van der Waals surface area (Å²) in [5.74, 6) is 0.0292. The molecule has 28 heavy (non-hydrogen) atoms. The molecule has 0 radical (unpaired) electrons. The number of alkyl halides is 3. The van der Waals surface area contributed by atoms with Gasteiger partial charge in [-0.25, -0.2) is 0 Å². The van der Waals surface area contributed by atoms with Gasteiger partial charge in [0.25, 0.3) is 5.91 Å². The number of carbonyl (C=O) groups excluding carboxylic acids is 1. The Morgan fingerprint density at radius 2 is 1.75 bits per heavy atom. The van der Waals surface area contributed by atoms with E-state index in [0.29, 0.717) is 18.5 Å². The molecular formula is C21H17F3N2O2. The summed E-state index contributed by atoms with van der Waals surface area (Å²) < 4.78 is 43.9. The molecule has 0 fully saturated rings. The first-order valence-electron chi connectivity index (χ1n) is 8.54. The Bertz CT molecular complexity index is 944. The number of aromatic nitrogens is 1. The van der Waals surface area contributed by atoms with Gasteiger partial charge in [0, 0.05) is 24.5 Å². The first-order chi connectivity index (χ1) is 13.4. The van der Waals surface area contributed by atoms with Crippen LogP contribution in [-0.2, 0) is 12.6 Å². The van der Waals surface area contributed by atoms with Crippen LogP contribution >= 0.6 is 0 Å². The molecule has 1 amide bonds. The van der Waals surface area contributed by atoms with Crippen LogP contribution in [0.3, 0.4) is 0 Å². The quantitative estimate of drug-likeness (QED) is 0.658. The van der Waals surface area contributed by atoms with E-state index < -0.39 is 11.7 Å². The Morgan fingerprint density at radius 3 is 2.46 bits per heavy atom. The third-order valence-electron chi connectivity index (χ3n) is 3.92. The summed E-state index contributed by atoms with van der Waals surface area (Å²) in [4.78, 5) is 16.3. The molecule has 0 aliphatic rings. The molecule has 0 spiro atoms. The second-order valence-corrected chi connectivity index (χ2v) is 6.02. The average Bonchev–Trinajstić information content (AvgIpc) is 2.68. The molecule has 1 aromatic heterocycles. The Balaban J connectivity index is 1.63. The molecule has 7 heteroatoms. The number of nitrogens with zero attached hydrogens (tertiary/aromatic N) is 1. The fourth-order valence-corrected chi connectivity index (χ4v) is 2.54. The van der Waals surface area contributed by atoms with Crippen molar-refractivity contribution in [3.05, 3.63) is 89.7 Å². The van der Waals surface area contributed by atoms with Crippen molar-refractivity contribution in [1.82, 2.24) is 10.3 Å². The van der Waals surface area contributed by atoms with Crippen molar-refractivity contribution in [2.24, 2.45) is 0 Å². The van der Waals surface area contributed by atoms with E-state index >= 15 is 0 Å². The van der Waals surface area contributed by atoms with Gasteiger partial charge in [0.15, 0.2) is 0 Å². The van der Waals surface area contributed by atoms with E-state index in [2.05, 4.69) is 10.3 Å². The van der Waals surface area contributed by atoms with Crippen LogP contribution in [0.15, 0.2) is 73.1 Å². The number of amides is 1. The molecule has 3 aromatic rings. The third kappa shape index (κ3) is 5.33. The van der Waals surface area contributed by atoms with Crippen LogP contribution in [0.1, 0.15) is 21.5 Å². The highest BCUT2D eigenvalue weighted by atomic mass is 19.4. The molecule has 3 rings (SSSR count). The predicted octanol–water partition coefficient (Wildman–Crippen LogP) is 4.87. The van der Waals surface area contributed by atoms with E-state index in [4.69, 9.17) is 4.74 Å². The first-order valence-corrected chi connectivity index (χ1v) is 8.54. The smallest absolute Gasteiger partial charge is 0.416 e. The zero-order valence-corrected chi connectivity index (χ0v) is 14.7. The Hall–Kier alpha value is -3.35. The lowest BCUT2D eigenvalue weighted by atomic mass is 10.1. The molecule has 1 N–H and O–H groups in total. The number of rotatable bonds is 6. The average molecular weight is 386 g/mol. The Morgan fingerprint density at radius 1 is 1.00 bits per heavy atom. The van der Waals surface area contributed by atoms with Gasteiger partial charge in [0.1, 0.15) is 11.5 Å². The second-order valence-electron chi connectivity index (χ2n) is 6.02. The van der Waals surface area contributed by atoms with Crippen molar-refractivity contribution in [1.29, 1.82) is 0 Å². The van der Waals surface area contributed by atoms with Crippen LogP contribution in [0.25, 0.3) is 0 Å². The summed E-state index contributed by atoms with van der Waals surface area (Å²) in [5, 5.41) is 2.80. The van der Waals surface area contributed by atoms with Crippen LogP contribution < -0.4 is 10.1 Å². The molecule has 4 nitrogen and oxygen atoms in total. The minimum absolute atomic E-state index is 0.0453. The summed E-state index contributed by atoms with van der Waals surface area (Å²) in [7, 11) is 0. The fourth-order valence-electron chi connectivity index (χ4n) is 2.54. The molecule has 0 bridgehead atoms. The van der Waals surface area contributed by atoms with Gasteiger partial charge in [-0.05, 0) is 54.4 Å². The molecule has 0 atom stereocenters. The van der Waals surface area contributed by atoms with Gasteiger partial charge in [-0.2, -0.15) is 13.2 Å². The second kappa shape index (κ2) is 8.56. The van der Waals surface area contributed by atoms with E-state index in [1.54, 1.807) is 30.6 Å². The number of benzene rings is 2. The summed E-state index contributed by atoms with van der Waals surface area (Å²) in [6.07, 6.45) is -0.400. The maximum atomic E-state index is 12.8. The van der Waals surface area contributed by atoms with Crippen LogP contribution in [0.4, 0.5) is 13.2 Å². The van der Waals surface area contributed by atoms with Crippen molar-refractivity contribution >= 4 is 5.91 Å². The van der Waals surface area contributed by atoms with Gasteiger partial charge < -0.3 is 10.1 Å². The zero-order valence-electron chi connectivity index (χ0n) is 14.7.